The number of halogens is 1. The lowest BCUT2D eigenvalue weighted by Crippen LogP contribution is -2.50. The van der Waals surface area contributed by atoms with Crippen LogP contribution >= 0.6 is 0 Å². The van der Waals surface area contributed by atoms with Crippen molar-refractivity contribution in [2.24, 2.45) is 0 Å². The van der Waals surface area contributed by atoms with Crippen LogP contribution in [0.25, 0.3) is 6.08 Å². The molecule has 3 rings (SSSR count). The Morgan fingerprint density at radius 2 is 1.77 bits per heavy atom. The zero-order valence-electron chi connectivity index (χ0n) is 16.2. The first-order chi connectivity index (χ1) is 14.2. The Labute approximate surface area is 173 Å². The monoisotopic (exact) mass is 433 g/mol. The Balaban J connectivity index is 1.69. The number of hydrogen-bond acceptors (Lipinski definition) is 5. The van der Waals surface area contributed by atoms with E-state index in [9.17, 15) is 27.7 Å². The summed E-state index contributed by atoms with van der Waals surface area (Å²) in [5.74, 6) is -1.41. The van der Waals surface area contributed by atoms with Crippen LogP contribution < -0.4 is 0 Å². The van der Waals surface area contributed by atoms with Crippen LogP contribution in [0.5, 0.6) is 0 Å². The highest BCUT2D eigenvalue weighted by Gasteiger charge is 2.29. The summed E-state index contributed by atoms with van der Waals surface area (Å²) in [4.78, 5) is 24.4. The maximum atomic E-state index is 14.0. The van der Waals surface area contributed by atoms with E-state index in [1.54, 1.807) is 24.3 Å². The van der Waals surface area contributed by atoms with Gasteiger partial charge in [-0.2, -0.15) is 4.31 Å². The average Bonchev–Trinajstić information content (AvgIpc) is 2.74. The van der Waals surface area contributed by atoms with Crippen LogP contribution in [-0.2, 0) is 10.0 Å². The van der Waals surface area contributed by atoms with E-state index in [1.807, 2.05) is 6.07 Å². The summed E-state index contributed by atoms with van der Waals surface area (Å²) in [5, 5.41) is 12.2. The summed E-state index contributed by atoms with van der Waals surface area (Å²) in [6, 6.07) is 11.0. The Kier molecular flexibility index (Phi) is 6.28. The van der Waals surface area contributed by atoms with Crippen molar-refractivity contribution in [2.75, 3.05) is 26.2 Å². The number of carbonyl (C=O) groups is 1. The van der Waals surface area contributed by atoms with Crippen LogP contribution in [0, 0.1) is 22.9 Å². The van der Waals surface area contributed by atoms with Gasteiger partial charge >= 0.3 is 0 Å². The molecule has 0 aliphatic carbocycles. The molecule has 1 fully saturated rings. The van der Waals surface area contributed by atoms with E-state index in [-0.39, 0.29) is 37.3 Å². The van der Waals surface area contributed by atoms with Gasteiger partial charge in [-0.3, -0.25) is 14.9 Å². The third-order valence-electron chi connectivity index (χ3n) is 4.88. The molecule has 2 aromatic carbocycles. The molecule has 0 saturated carbocycles. The number of benzene rings is 2. The summed E-state index contributed by atoms with van der Waals surface area (Å²) in [6.45, 7) is 1.61. The number of nitrogens with zero attached hydrogens (tertiary/aromatic N) is 3. The van der Waals surface area contributed by atoms with Gasteiger partial charge in [0.05, 0.1) is 10.5 Å². The Morgan fingerprint density at radius 3 is 2.37 bits per heavy atom. The molecular weight excluding hydrogens is 413 g/mol. The normalized spacial score (nSPS) is 15.5. The third-order valence-corrected chi connectivity index (χ3v) is 6.44. The fraction of sp³-hybridized carbons (Fsp3) is 0.250. The van der Waals surface area contributed by atoms with Crippen LogP contribution in [0.4, 0.5) is 10.1 Å². The summed E-state index contributed by atoms with van der Waals surface area (Å²) in [5.41, 5.74) is 0.00578. The number of carbonyl (C=O) groups excluding carboxylic acids is 1. The van der Waals surface area contributed by atoms with Gasteiger partial charge in [-0.1, -0.05) is 30.3 Å². The molecule has 2 aromatic rings. The van der Waals surface area contributed by atoms with E-state index in [4.69, 9.17) is 0 Å². The molecule has 0 radical (unpaired) electrons. The van der Waals surface area contributed by atoms with E-state index < -0.39 is 32.4 Å². The molecule has 1 aliphatic heterocycles. The summed E-state index contributed by atoms with van der Waals surface area (Å²) < 4.78 is 40.3. The number of nitro groups is 1. The van der Waals surface area contributed by atoms with Gasteiger partial charge in [0.1, 0.15) is 5.82 Å². The first kappa shape index (κ1) is 21.6. The van der Waals surface area contributed by atoms with Gasteiger partial charge in [0, 0.05) is 43.2 Å². The number of amides is 1. The van der Waals surface area contributed by atoms with E-state index >= 15 is 0 Å². The van der Waals surface area contributed by atoms with Crippen LogP contribution in [0.1, 0.15) is 21.5 Å². The Bertz CT molecular complexity index is 1090. The first-order valence-electron chi connectivity index (χ1n) is 9.16. The SMILES string of the molecule is Cc1c(F)cc(C(=O)N2CCN(S(=O)(=O)/C=C/c3ccccc3)CC2)cc1[N+](=O)[O-]. The first-order valence-corrected chi connectivity index (χ1v) is 10.7. The molecule has 1 saturated heterocycles. The van der Waals surface area contributed by atoms with Crippen LogP contribution in [-0.4, -0.2) is 54.6 Å². The lowest BCUT2D eigenvalue weighted by molar-refractivity contribution is -0.385. The highest BCUT2D eigenvalue weighted by Crippen LogP contribution is 2.24. The highest BCUT2D eigenvalue weighted by molar-refractivity contribution is 7.92. The van der Waals surface area contributed by atoms with Crippen molar-refractivity contribution < 1.29 is 22.5 Å². The largest absolute Gasteiger partial charge is 0.336 e. The average molecular weight is 433 g/mol. The van der Waals surface area contributed by atoms with E-state index in [2.05, 4.69) is 0 Å². The maximum absolute atomic E-state index is 14.0. The molecule has 8 nitrogen and oxygen atoms in total. The summed E-state index contributed by atoms with van der Waals surface area (Å²) in [6.07, 6.45) is 1.50. The molecule has 30 heavy (non-hydrogen) atoms. The lowest BCUT2D eigenvalue weighted by Gasteiger charge is -2.33. The lowest BCUT2D eigenvalue weighted by atomic mass is 10.1. The summed E-state index contributed by atoms with van der Waals surface area (Å²) >= 11 is 0. The second-order valence-corrected chi connectivity index (χ2v) is 8.63. The zero-order chi connectivity index (χ0) is 21.9. The molecule has 1 aliphatic rings. The van der Waals surface area contributed by atoms with Gasteiger partial charge < -0.3 is 4.90 Å². The number of rotatable bonds is 5. The predicted octanol–water partition coefficient (Wildman–Crippen LogP) is 2.80. The standard InChI is InChI=1S/C20H20FN3O5S/c1-15-18(21)13-17(14-19(15)24(26)27)20(25)22-8-10-23(11-9-22)30(28,29)12-7-16-5-3-2-4-6-16/h2-7,12-14H,8-11H2,1H3/b12-7+. The maximum Gasteiger partial charge on any atom is 0.276 e. The molecule has 10 heteroatoms. The van der Waals surface area contributed by atoms with Crippen molar-refractivity contribution in [1.82, 2.24) is 9.21 Å². The van der Waals surface area contributed by atoms with Gasteiger partial charge in [0.2, 0.25) is 10.0 Å². The molecule has 0 bridgehead atoms. The van der Waals surface area contributed by atoms with Gasteiger partial charge in [0.25, 0.3) is 11.6 Å². The molecule has 0 N–H and O–H groups in total. The Hall–Kier alpha value is -3.11. The minimum atomic E-state index is -3.66. The van der Waals surface area contributed by atoms with Crippen molar-refractivity contribution in [3.05, 3.63) is 80.5 Å². The number of nitro benzene ring substituents is 1. The number of piperazine rings is 1. The van der Waals surface area contributed by atoms with Crippen LogP contribution in [0.2, 0.25) is 0 Å². The van der Waals surface area contributed by atoms with Crippen molar-refractivity contribution in [2.45, 2.75) is 6.92 Å². The molecular formula is C20H20FN3O5S. The van der Waals surface area contributed by atoms with E-state index in [0.717, 1.165) is 23.1 Å². The van der Waals surface area contributed by atoms with Crippen molar-refractivity contribution >= 4 is 27.7 Å². The van der Waals surface area contributed by atoms with Crippen molar-refractivity contribution in [1.29, 1.82) is 0 Å². The molecule has 1 amide bonds. The number of hydrogen-bond donors (Lipinski definition) is 0. The topological polar surface area (TPSA) is 101 Å². The molecule has 0 aromatic heterocycles. The minimum absolute atomic E-state index is 0.0731. The van der Waals surface area contributed by atoms with Gasteiger partial charge in [-0.25, -0.2) is 12.8 Å². The molecule has 1 heterocycles. The highest BCUT2D eigenvalue weighted by atomic mass is 32.2. The van der Waals surface area contributed by atoms with E-state index in [0.29, 0.717) is 0 Å². The van der Waals surface area contributed by atoms with E-state index in [1.165, 1.54) is 22.2 Å². The predicted molar refractivity (Wildman–Crippen MR) is 110 cm³/mol. The second-order valence-electron chi connectivity index (χ2n) is 6.81. The molecule has 0 unspecified atom stereocenters. The van der Waals surface area contributed by atoms with Gasteiger partial charge in [0.15, 0.2) is 0 Å². The Morgan fingerprint density at radius 1 is 1.13 bits per heavy atom. The minimum Gasteiger partial charge on any atom is -0.336 e. The second kappa shape index (κ2) is 8.72. The van der Waals surface area contributed by atoms with Gasteiger partial charge in [-0.15, -0.1) is 0 Å². The quantitative estimate of drug-likeness (QED) is 0.533. The van der Waals surface area contributed by atoms with Gasteiger partial charge in [-0.05, 0) is 24.6 Å². The number of sulfonamides is 1. The zero-order valence-corrected chi connectivity index (χ0v) is 17.0. The smallest absolute Gasteiger partial charge is 0.276 e. The van der Waals surface area contributed by atoms with Crippen molar-refractivity contribution in [3.8, 4) is 0 Å². The van der Waals surface area contributed by atoms with Crippen molar-refractivity contribution in [3.63, 3.8) is 0 Å². The fourth-order valence-corrected chi connectivity index (χ4v) is 4.29. The molecule has 158 valence electrons. The summed E-state index contributed by atoms with van der Waals surface area (Å²) in [7, 11) is -3.66. The third kappa shape index (κ3) is 4.71. The van der Waals surface area contributed by atoms with Crippen LogP contribution in [0.15, 0.2) is 47.9 Å². The fourth-order valence-electron chi connectivity index (χ4n) is 3.12. The molecule has 0 atom stereocenters. The van der Waals surface area contributed by atoms with Crippen LogP contribution in [0.3, 0.4) is 0 Å². The molecule has 0 spiro atoms.